The molecule has 4 nitrogen and oxygen atoms in total. The number of benzene rings is 2. The van der Waals surface area contributed by atoms with Crippen molar-refractivity contribution in [1.82, 2.24) is 0 Å². The van der Waals surface area contributed by atoms with E-state index in [9.17, 15) is 0 Å². The van der Waals surface area contributed by atoms with Gasteiger partial charge in [-0.2, -0.15) is 0 Å². The fraction of sp³-hybridized carbons (Fsp3) is 0.294. The van der Waals surface area contributed by atoms with Crippen LogP contribution in [0.15, 0.2) is 30.3 Å². The zero-order chi connectivity index (χ0) is 15.4. The predicted octanol–water partition coefficient (Wildman–Crippen LogP) is 3.70. The molecule has 4 heteroatoms. The van der Waals surface area contributed by atoms with Gasteiger partial charge < -0.3 is 18.9 Å². The summed E-state index contributed by atoms with van der Waals surface area (Å²) >= 11 is 0. The largest absolute Gasteiger partial charge is 0.496 e. The van der Waals surface area contributed by atoms with E-state index in [2.05, 4.69) is 0 Å². The van der Waals surface area contributed by atoms with Crippen molar-refractivity contribution in [2.24, 2.45) is 0 Å². The molecule has 0 bridgehead atoms. The van der Waals surface area contributed by atoms with E-state index in [1.165, 1.54) is 0 Å². The van der Waals surface area contributed by atoms with Crippen LogP contribution in [0, 0.1) is 6.92 Å². The van der Waals surface area contributed by atoms with Crippen LogP contribution in [0.3, 0.4) is 0 Å². The minimum Gasteiger partial charge on any atom is -0.496 e. The first-order chi connectivity index (χ1) is 10.2. The maximum absolute atomic E-state index is 5.51. The lowest BCUT2D eigenvalue weighted by Crippen LogP contribution is -1.99. The average molecular weight is 288 g/mol. The van der Waals surface area contributed by atoms with Crippen molar-refractivity contribution in [2.75, 3.05) is 28.4 Å². The van der Waals surface area contributed by atoms with Gasteiger partial charge in [0.05, 0.1) is 34.0 Å². The van der Waals surface area contributed by atoms with E-state index in [-0.39, 0.29) is 0 Å². The monoisotopic (exact) mass is 288 g/mol. The van der Waals surface area contributed by atoms with Crippen molar-refractivity contribution in [3.63, 3.8) is 0 Å². The first-order valence-electron chi connectivity index (χ1n) is 6.60. The zero-order valence-electron chi connectivity index (χ0n) is 13.0. The van der Waals surface area contributed by atoms with Gasteiger partial charge in [-0.25, -0.2) is 0 Å². The van der Waals surface area contributed by atoms with Crippen LogP contribution in [0.25, 0.3) is 11.1 Å². The van der Waals surface area contributed by atoms with Gasteiger partial charge >= 0.3 is 0 Å². The maximum Gasteiger partial charge on any atom is 0.130 e. The molecule has 0 fully saturated rings. The van der Waals surface area contributed by atoms with Gasteiger partial charge in [0.2, 0.25) is 0 Å². The van der Waals surface area contributed by atoms with Crippen LogP contribution in [0.5, 0.6) is 23.0 Å². The molecule has 0 unspecified atom stereocenters. The predicted molar refractivity (Wildman–Crippen MR) is 82.8 cm³/mol. The molecule has 0 saturated heterocycles. The number of hydrogen-bond donors (Lipinski definition) is 0. The summed E-state index contributed by atoms with van der Waals surface area (Å²) in [5, 5.41) is 0. The van der Waals surface area contributed by atoms with Gasteiger partial charge in [-0.3, -0.25) is 0 Å². The maximum atomic E-state index is 5.51. The second-order valence-electron chi connectivity index (χ2n) is 4.51. The molecule has 2 aromatic carbocycles. The SMILES string of the molecule is COc1ccc(OC)c(-c2c(OC)cccc2OC)c1C. The summed E-state index contributed by atoms with van der Waals surface area (Å²) < 4.78 is 21.9. The van der Waals surface area contributed by atoms with E-state index in [4.69, 9.17) is 18.9 Å². The van der Waals surface area contributed by atoms with E-state index in [1.807, 2.05) is 37.3 Å². The van der Waals surface area contributed by atoms with Crippen molar-refractivity contribution in [3.05, 3.63) is 35.9 Å². The Balaban J connectivity index is 2.82. The van der Waals surface area contributed by atoms with Gasteiger partial charge in [0.1, 0.15) is 23.0 Å². The van der Waals surface area contributed by atoms with Gasteiger partial charge in [0.25, 0.3) is 0 Å². The molecule has 0 aromatic heterocycles. The second-order valence-corrected chi connectivity index (χ2v) is 4.51. The van der Waals surface area contributed by atoms with Gasteiger partial charge in [-0.15, -0.1) is 0 Å². The zero-order valence-corrected chi connectivity index (χ0v) is 13.0. The lowest BCUT2D eigenvalue weighted by atomic mass is 9.96. The van der Waals surface area contributed by atoms with Crippen LogP contribution in [-0.4, -0.2) is 28.4 Å². The topological polar surface area (TPSA) is 36.9 Å². The van der Waals surface area contributed by atoms with Gasteiger partial charge in [-0.05, 0) is 31.2 Å². The standard InChI is InChI=1S/C17H20O4/c1-11-12(18-2)9-10-15(21-5)16(11)17-13(19-3)7-6-8-14(17)20-4/h6-10H,1-5H3. The molecule has 0 radical (unpaired) electrons. The molecule has 0 aliphatic rings. The Morgan fingerprint density at radius 3 is 1.48 bits per heavy atom. The molecule has 0 aliphatic carbocycles. The van der Waals surface area contributed by atoms with E-state index in [0.29, 0.717) is 0 Å². The molecule has 2 aromatic rings. The first-order valence-corrected chi connectivity index (χ1v) is 6.60. The quantitative estimate of drug-likeness (QED) is 0.840. The van der Waals surface area contributed by atoms with Crippen LogP contribution in [-0.2, 0) is 0 Å². The molecule has 0 heterocycles. The molecule has 0 spiro atoms. The van der Waals surface area contributed by atoms with E-state index >= 15 is 0 Å². The molecular weight excluding hydrogens is 268 g/mol. The number of rotatable bonds is 5. The third-order valence-corrected chi connectivity index (χ3v) is 3.49. The Morgan fingerprint density at radius 2 is 1.00 bits per heavy atom. The Hall–Kier alpha value is -2.36. The Morgan fingerprint density at radius 1 is 0.571 bits per heavy atom. The number of ether oxygens (including phenoxy) is 4. The summed E-state index contributed by atoms with van der Waals surface area (Å²) in [5.74, 6) is 2.99. The lowest BCUT2D eigenvalue weighted by Gasteiger charge is -2.19. The van der Waals surface area contributed by atoms with E-state index < -0.39 is 0 Å². The van der Waals surface area contributed by atoms with Crippen LogP contribution in [0.2, 0.25) is 0 Å². The minimum atomic E-state index is 0.726. The normalized spacial score (nSPS) is 10.1. The van der Waals surface area contributed by atoms with Crippen molar-refractivity contribution >= 4 is 0 Å². The fourth-order valence-electron chi connectivity index (χ4n) is 2.47. The van der Waals surface area contributed by atoms with E-state index in [1.54, 1.807) is 28.4 Å². The lowest BCUT2D eigenvalue weighted by molar-refractivity contribution is 0.391. The Bertz CT molecular complexity index is 613. The fourth-order valence-corrected chi connectivity index (χ4v) is 2.47. The van der Waals surface area contributed by atoms with Gasteiger partial charge in [0, 0.05) is 11.1 Å². The summed E-state index contributed by atoms with van der Waals surface area (Å²) in [6.45, 7) is 1.99. The summed E-state index contributed by atoms with van der Waals surface area (Å²) in [5.41, 5.74) is 2.74. The Labute approximate surface area is 125 Å². The highest BCUT2D eigenvalue weighted by molar-refractivity contribution is 5.84. The smallest absolute Gasteiger partial charge is 0.130 e. The van der Waals surface area contributed by atoms with Crippen LogP contribution < -0.4 is 18.9 Å². The van der Waals surface area contributed by atoms with Crippen molar-refractivity contribution < 1.29 is 18.9 Å². The number of hydrogen-bond acceptors (Lipinski definition) is 4. The third kappa shape index (κ3) is 2.61. The van der Waals surface area contributed by atoms with Crippen molar-refractivity contribution in [2.45, 2.75) is 6.92 Å². The molecule has 21 heavy (non-hydrogen) atoms. The summed E-state index contributed by atoms with van der Waals surface area (Å²) in [6, 6.07) is 9.46. The van der Waals surface area contributed by atoms with Crippen molar-refractivity contribution in [1.29, 1.82) is 0 Å². The van der Waals surface area contributed by atoms with Crippen molar-refractivity contribution in [3.8, 4) is 34.1 Å². The summed E-state index contributed by atoms with van der Waals surface area (Å²) in [4.78, 5) is 0. The molecule has 2 rings (SSSR count). The average Bonchev–Trinajstić information content (AvgIpc) is 2.53. The van der Waals surface area contributed by atoms with Gasteiger partial charge in [0.15, 0.2) is 0 Å². The second kappa shape index (κ2) is 6.39. The molecular formula is C17H20O4. The molecule has 0 saturated carbocycles. The van der Waals surface area contributed by atoms with Gasteiger partial charge in [-0.1, -0.05) is 6.07 Å². The van der Waals surface area contributed by atoms with Crippen LogP contribution in [0.4, 0.5) is 0 Å². The molecule has 112 valence electrons. The highest BCUT2D eigenvalue weighted by Gasteiger charge is 2.20. The highest BCUT2D eigenvalue weighted by atomic mass is 16.5. The molecule has 0 atom stereocenters. The molecule has 0 aliphatic heterocycles. The summed E-state index contributed by atoms with van der Waals surface area (Å²) in [7, 11) is 6.57. The molecule has 0 amide bonds. The van der Waals surface area contributed by atoms with Crippen LogP contribution >= 0.6 is 0 Å². The van der Waals surface area contributed by atoms with E-state index in [0.717, 1.165) is 39.7 Å². The third-order valence-electron chi connectivity index (χ3n) is 3.49. The first kappa shape index (κ1) is 15.0. The molecule has 0 N–H and O–H groups in total. The Kier molecular flexibility index (Phi) is 4.58. The minimum absolute atomic E-state index is 0.726. The number of methoxy groups -OCH3 is 4. The van der Waals surface area contributed by atoms with Crippen LogP contribution in [0.1, 0.15) is 5.56 Å². The summed E-state index contributed by atoms with van der Waals surface area (Å²) in [6.07, 6.45) is 0. The highest BCUT2D eigenvalue weighted by Crippen LogP contribution is 2.46.